The van der Waals surface area contributed by atoms with Crippen LogP contribution in [0.25, 0.3) is 0 Å². The number of rotatable bonds is 6. The minimum Gasteiger partial charge on any atom is -0.497 e. The average Bonchev–Trinajstić information content (AvgIpc) is 2.59. The van der Waals surface area contributed by atoms with Gasteiger partial charge in [-0.3, -0.25) is 4.79 Å². The van der Waals surface area contributed by atoms with Crippen LogP contribution in [0.2, 0.25) is 5.02 Å². The molecular weight excluding hydrogens is 330 g/mol. The summed E-state index contributed by atoms with van der Waals surface area (Å²) in [5.41, 5.74) is -0.169. The summed E-state index contributed by atoms with van der Waals surface area (Å²) in [7, 11) is 3.03. The van der Waals surface area contributed by atoms with Gasteiger partial charge < -0.3 is 19.9 Å². The predicted octanol–water partition coefficient (Wildman–Crippen LogP) is 2.99. The van der Waals surface area contributed by atoms with Crippen LogP contribution in [-0.2, 0) is 5.60 Å². The lowest BCUT2D eigenvalue weighted by Crippen LogP contribution is -2.38. The topological polar surface area (TPSA) is 67.8 Å². The first kappa shape index (κ1) is 18.1. The van der Waals surface area contributed by atoms with Gasteiger partial charge in [0, 0.05) is 16.7 Å². The molecule has 0 aliphatic heterocycles. The highest BCUT2D eigenvalue weighted by Crippen LogP contribution is 2.24. The summed E-state index contributed by atoms with van der Waals surface area (Å²) in [4.78, 5) is 12.4. The lowest BCUT2D eigenvalue weighted by atomic mass is 9.96. The van der Waals surface area contributed by atoms with Crippen molar-refractivity contribution in [1.82, 2.24) is 5.32 Å². The summed E-state index contributed by atoms with van der Waals surface area (Å²) in [5.74, 6) is 0.703. The molecule has 0 saturated heterocycles. The van der Waals surface area contributed by atoms with Crippen molar-refractivity contribution >= 4 is 17.5 Å². The third-order valence-electron chi connectivity index (χ3n) is 3.67. The molecule has 2 aromatic rings. The third-order valence-corrected chi connectivity index (χ3v) is 3.92. The third kappa shape index (κ3) is 4.40. The second-order valence-electron chi connectivity index (χ2n) is 5.56. The highest BCUT2D eigenvalue weighted by atomic mass is 35.5. The van der Waals surface area contributed by atoms with Crippen LogP contribution in [0, 0.1) is 0 Å². The van der Waals surface area contributed by atoms with E-state index in [1.54, 1.807) is 49.4 Å². The minimum atomic E-state index is -1.22. The van der Waals surface area contributed by atoms with Crippen molar-refractivity contribution in [2.24, 2.45) is 0 Å². The fourth-order valence-corrected chi connectivity index (χ4v) is 2.33. The van der Waals surface area contributed by atoms with Crippen LogP contribution in [0.15, 0.2) is 42.5 Å². The number of carbonyl (C=O) groups is 1. The molecule has 6 heteroatoms. The Morgan fingerprint density at radius 1 is 1.12 bits per heavy atom. The van der Waals surface area contributed by atoms with E-state index in [0.717, 1.165) is 0 Å². The second kappa shape index (κ2) is 7.55. The van der Waals surface area contributed by atoms with Crippen molar-refractivity contribution in [3.05, 3.63) is 58.6 Å². The minimum absolute atomic E-state index is 0.0486. The van der Waals surface area contributed by atoms with Gasteiger partial charge in [-0.1, -0.05) is 23.7 Å². The van der Waals surface area contributed by atoms with Crippen LogP contribution >= 0.6 is 11.6 Å². The normalized spacial score (nSPS) is 13.0. The first-order valence-electron chi connectivity index (χ1n) is 7.35. The number of ether oxygens (including phenoxy) is 2. The highest BCUT2D eigenvalue weighted by molar-refractivity contribution is 6.30. The molecule has 2 rings (SSSR count). The number of nitrogens with one attached hydrogen (secondary N) is 1. The van der Waals surface area contributed by atoms with E-state index in [2.05, 4.69) is 5.32 Å². The monoisotopic (exact) mass is 349 g/mol. The van der Waals surface area contributed by atoms with E-state index in [1.807, 2.05) is 0 Å². The standard InChI is InChI=1S/C18H20ClNO4/c1-18(22,13-4-6-14(19)7-5-13)11-20-17(21)12-8-15(23-2)10-16(9-12)24-3/h4-10,22H,11H2,1-3H3,(H,20,21). The molecule has 0 saturated carbocycles. The van der Waals surface area contributed by atoms with E-state index in [1.165, 1.54) is 14.2 Å². The number of aliphatic hydroxyl groups is 1. The van der Waals surface area contributed by atoms with Gasteiger partial charge in [0.2, 0.25) is 0 Å². The van der Waals surface area contributed by atoms with Gasteiger partial charge in [-0.2, -0.15) is 0 Å². The molecule has 0 aromatic heterocycles. The maximum atomic E-state index is 12.4. The molecule has 1 amide bonds. The van der Waals surface area contributed by atoms with Crippen molar-refractivity contribution in [2.75, 3.05) is 20.8 Å². The predicted molar refractivity (Wildman–Crippen MR) is 92.9 cm³/mol. The molecule has 0 aliphatic rings. The molecule has 24 heavy (non-hydrogen) atoms. The molecule has 5 nitrogen and oxygen atoms in total. The second-order valence-corrected chi connectivity index (χ2v) is 6.00. The molecule has 0 radical (unpaired) electrons. The number of methoxy groups -OCH3 is 2. The van der Waals surface area contributed by atoms with Crippen molar-refractivity contribution in [3.8, 4) is 11.5 Å². The summed E-state index contributed by atoms with van der Waals surface area (Å²) in [6.07, 6.45) is 0. The zero-order valence-corrected chi connectivity index (χ0v) is 14.6. The maximum absolute atomic E-state index is 12.4. The molecule has 1 unspecified atom stereocenters. The van der Waals surface area contributed by atoms with Crippen LogP contribution in [0.4, 0.5) is 0 Å². The molecule has 2 aromatic carbocycles. The van der Waals surface area contributed by atoms with Crippen molar-refractivity contribution in [3.63, 3.8) is 0 Å². The zero-order valence-electron chi connectivity index (χ0n) is 13.8. The molecule has 0 aliphatic carbocycles. The Morgan fingerprint density at radius 2 is 1.67 bits per heavy atom. The van der Waals surface area contributed by atoms with E-state index in [-0.39, 0.29) is 12.5 Å². The van der Waals surface area contributed by atoms with Gasteiger partial charge in [0.25, 0.3) is 5.91 Å². The highest BCUT2D eigenvalue weighted by Gasteiger charge is 2.24. The molecule has 1 atom stereocenters. The Hall–Kier alpha value is -2.24. The van der Waals surface area contributed by atoms with Crippen molar-refractivity contribution in [2.45, 2.75) is 12.5 Å². The van der Waals surface area contributed by atoms with Crippen LogP contribution in [0.1, 0.15) is 22.8 Å². The van der Waals surface area contributed by atoms with Gasteiger partial charge in [0.1, 0.15) is 17.1 Å². The van der Waals surface area contributed by atoms with E-state index in [9.17, 15) is 9.90 Å². The van der Waals surface area contributed by atoms with Gasteiger partial charge >= 0.3 is 0 Å². The summed E-state index contributed by atoms with van der Waals surface area (Å²) in [6.45, 7) is 1.68. The quantitative estimate of drug-likeness (QED) is 0.841. The van der Waals surface area contributed by atoms with Gasteiger partial charge in [-0.25, -0.2) is 0 Å². The molecule has 0 heterocycles. The van der Waals surface area contributed by atoms with E-state index >= 15 is 0 Å². The first-order chi connectivity index (χ1) is 11.4. The first-order valence-corrected chi connectivity index (χ1v) is 7.73. The average molecular weight is 350 g/mol. The SMILES string of the molecule is COc1cc(OC)cc(C(=O)NCC(C)(O)c2ccc(Cl)cc2)c1. The number of benzene rings is 2. The lowest BCUT2D eigenvalue weighted by Gasteiger charge is -2.24. The van der Waals surface area contributed by atoms with Gasteiger partial charge in [0.15, 0.2) is 0 Å². The Balaban J connectivity index is 2.11. The Bertz CT molecular complexity index is 691. The van der Waals surface area contributed by atoms with Crippen molar-refractivity contribution in [1.29, 1.82) is 0 Å². The number of carbonyl (C=O) groups excluding carboxylic acids is 1. The lowest BCUT2D eigenvalue weighted by molar-refractivity contribution is 0.0526. The van der Waals surface area contributed by atoms with Crippen molar-refractivity contribution < 1.29 is 19.4 Å². The summed E-state index contributed by atoms with van der Waals surface area (Å²) < 4.78 is 10.3. The fraction of sp³-hybridized carbons (Fsp3) is 0.278. The van der Waals surface area contributed by atoms with Gasteiger partial charge in [-0.15, -0.1) is 0 Å². The van der Waals surface area contributed by atoms with Crippen LogP contribution in [0.5, 0.6) is 11.5 Å². The summed E-state index contributed by atoms with van der Waals surface area (Å²) in [5, 5.41) is 13.9. The Morgan fingerprint density at radius 3 is 2.17 bits per heavy atom. The molecule has 0 spiro atoms. The number of amides is 1. The van der Waals surface area contributed by atoms with E-state index in [4.69, 9.17) is 21.1 Å². The largest absolute Gasteiger partial charge is 0.497 e. The molecular formula is C18H20ClNO4. The molecule has 0 fully saturated rings. The fourth-order valence-electron chi connectivity index (χ4n) is 2.20. The summed E-state index contributed by atoms with van der Waals surface area (Å²) >= 11 is 5.85. The number of hydrogen-bond acceptors (Lipinski definition) is 4. The number of hydrogen-bond donors (Lipinski definition) is 2. The number of halogens is 1. The zero-order chi connectivity index (χ0) is 17.7. The molecule has 128 valence electrons. The van der Waals surface area contributed by atoms with Gasteiger partial charge in [-0.05, 0) is 36.8 Å². The van der Waals surface area contributed by atoms with Crippen LogP contribution in [-0.4, -0.2) is 31.8 Å². The Labute approximate surface area is 146 Å². The van der Waals surface area contributed by atoms with Gasteiger partial charge in [0.05, 0.1) is 20.8 Å². The smallest absolute Gasteiger partial charge is 0.251 e. The maximum Gasteiger partial charge on any atom is 0.251 e. The molecule has 0 bridgehead atoms. The van der Waals surface area contributed by atoms with E-state index in [0.29, 0.717) is 27.6 Å². The van der Waals surface area contributed by atoms with E-state index < -0.39 is 5.60 Å². The van der Waals surface area contributed by atoms with Crippen LogP contribution < -0.4 is 14.8 Å². The molecule has 2 N–H and O–H groups in total. The Kier molecular flexibility index (Phi) is 5.70. The van der Waals surface area contributed by atoms with Crippen LogP contribution in [0.3, 0.4) is 0 Å². The summed E-state index contributed by atoms with van der Waals surface area (Å²) in [6, 6.07) is 11.7.